The van der Waals surface area contributed by atoms with Gasteiger partial charge in [0.25, 0.3) is 0 Å². The van der Waals surface area contributed by atoms with Gasteiger partial charge in [0.1, 0.15) is 0 Å². The van der Waals surface area contributed by atoms with E-state index < -0.39 is 12.0 Å². The van der Waals surface area contributed by atoms with Crippen molar-refractivity contribution >= 4 is 22.2 Å². The summed E-state index contributed by atoms with van der Waals surface area (Å²) in [5.41, 5.74) is 7.07. The molecule has 0 aliphatic carbocycles. The molecule has 0 fully saturated rings. The molecule has 0 saturated carbocycles. The Morgan fingerprint density at radius 3 is 2.21 bits per heavy atom. The van der Waals surface area contributed by atoms with E-state index in [1.807, 2.05) is 42.5 Å². The molecule has 2 atom stereocenters. The van der Waals surface area contributed by atoms with Crippen molar-refractivity contribution in [1.82, 2.24) is 4.90 Å². The van der Waals surface area contributed by atoms with Crippen LogP contribution in [0.25, 0.3) is 21.9 Å². The fraction of sp³-hybridized carbons (Fsp3) is 0.293. The van der Waals surface area contributed by atoms with E-state index in [-0.39, 0.29) is 26.2 Å². The summed E-state index contributed by atoms with van der Waals surface area (Å²) in [5, 5.41) is 1.99. The number of benzene rings is 5. The minimum Gasteiger partial charge on any atom is -0.493 e. The molecule has 5 aromatic rings. The van der Waals surface area contributed by atoms with Crippen LogP contribution >= 0.6 is 0 Å². The van der Waals surface area contributed by atoms with Gasteiger partial charge in [-0.1, -0.05) is 18.2 Å². The number of ether oxygens (including phenoxy) is 8. The van der Waals surface area contributed by atoms with Crippen molar-refractivity contribution in [3.8, 4) is 57.1 Å². The Bertz CT molecular complexity index is 2340. The molecule has 0 saturated heterocycles. The van der Waals surface area contributed by atoms with Gasteiger partial charge in [-0.15, -0.1) is 0 Å². The Balaban J connectivity index is 1.29. The third kappa shape index (κ3) is 4.44. The normalized spacial score (nSPS) is 19.5. The van der Waals surface area contributed by atoms with Crippen LogP contribution in [0.2, 0.25) is 0 Å². The average Bonchev–Trinajstić information content (AvgIpc) is 3.94. The van der Waals surface area contributed by atoms with Crippen molar-refractivity contribution in [1.29, 1.82) is 0 Å². The van der Waals surface area contributed by atoms with Crippen LogP contribution < -0.4 is 42.8 Å². The van der Waals surface area contributed by atoms with Gasteiger partial charge in [0.15, 0.2) is 51.8 Å². The van der Waals surface area contributed by atoms with Gasteiger partial charge >= 0.3 is 0 Å². The summed E-state index contributed by atoms with van der Waals surface area (Å²) in [6.45, 7) is 1.60. The number of carbonyl (C=O) groups is 1. The fourth-order valence-electron chi connectivity index (χ4n) is 8.70. The topological polar surface area (TPSA) is 97.4 Å². The molecule has 52 heavy (non-hydrogen) atoms. The Hall–Kier alpha value is -5.81. The van der Waals surface area contributed by atoms with Crippen LogP contribution in [0.1, 0.15) is 44.6 Å². The molecule has 11 heteroatoms. The first kappa shape index (κ1) is 31.0. The van der Waals surface area contributed by atoms with E-state index in [0.717, 1.165) is 49.8 Å². The Morgan fingerprint density at radius 2 is 1.42 bits per heavy atom. The number of Topliss-reactive ketones (excluding diaryl/α,β-unsaturated/α-hetero) is 1. The number of carbonyl (C=O) groups excluding carboxylic acids is 1. The molecule has 11 nitrogen and oxygen atoms in total. The summed E-state index contributed by atoms with van der Waals surface area (Å²) >= 11 is 0. The standard InChI is InChI=1S/C41H36N2O9/c1-42-12-11-22-14-32-34(51-19-49-32)16-27(22)39(44)35(24-7-9-29(45-3)40(46-4)28(24)17-42)38-36-23(8-10-30-41(36)52-20-47-30)25-6-5-21-13-31-33(50-18-48-31)15-26(21)37(25)43(38)2/h5-10,13-16,35,38H,11-12,17-20H2,1-4H3/t35?,38-/m1/s1. The monoisotopic (exact) mass is 700 g/mol. The van der Waals surface area contributed by atoms with Gasteiger partial charge in [0.05, 0.1) is 31.9 Å². The van der Waals surface area contributed by atoms with Gasteiger partial charge in [-0.05, 0) is 78.0 Å². The van der Waals surface area contributed by atoms with Crippen LogP contribution in [0, 0.1) is 0 Å². The summed E-state index contributed by atoms with van der Waals surface area (Å²) in [4.78, 5) is 20.3. The van der Waals surface area contributed by atoms with Crippen LogP contribution in [-0.2, 0) is 13.0 Å². The highest BCUT2D eigenvalue weighted by atomic mass is 16.7. The van der Waals surface area contributed by atoms with Crippen molar-refractivity contribution in [3.05, 3.63) is 88.5 Å². The minimum absolute atomic E-state index is 0.0491. The molecule has 0 aromatic heterocycles. The first-order valence-electron chi connectivity index (χ1n) is 17.3. The second kappa shape index (κ2) is 11.6. The summed E-state index contributed by atoms with van der Waals surface area (Å²) < 4.78 is 47.5. The zero-order chi connectivity index (χ0) is 35.2. The lowest BCUT2D eigenvalue weighted by Gasteiger charge is -2.43. The van der Waals surface area contributed by atoms with Gasteiger partial charge < -0.3 is 47.7 Å². The van der Waals surface area contributed by atoms with Gasteiger partial charge in [-0.2, -0.15) is 0 Å². The average molecular weight is 701 g/mol. The highest BCUT2D eigenvalue weighted by molar-refractivity contribution is 6.08. The van der Waals surface area contributed by atoms with Crippen molar-refractivity contribution in [2.45, 2.75) is 24.9 Å². The Morgan fingerprint density at radius 1 is 0.712 bits per heavy atom. The predicted molar refractivity (Wildman–Crippen MR) is 192 cm³/mol. The van der Waals surface area contributed by atoms with E-state index in [1.54, 1.807) is 14.2 Å². The van der Waals surface area contributed by atoms with E-state index in [4.69, 9.17) is 37.9 Å². The predicted octanol–water partition coefficient (Wildman–Crippen LogP) is 6.86. The number of methoxy groups -OCH3 is 2. The molecule has 5 aromatic carbocycles. The maximum atomic E-state index is 15.8. The zero-order valence-corrected chi connectivity index (χ0v) is 29.2. The molecule has 10 rings (SSSR count). The zero-order valence-electron chi connectivity index (χ0n) is 29.2. The molecule has 5 heterocycles. The lowest BCUT2D eigenvalue weighted by atomic mass is 9.73. The van der Waals surface area contributed by atoms with Gasteiger partial charge in [0, 0.05) is 47.8 Å². The number of anilines is 1. The third-order valence-corrected chi connectivity index (χ3v) is 11.1. The minimum atomic E-state index is -0.753. The number of likely N-dealkylation sites (N-methyl/N-ethyl adjacent to an activating group) is 2. The van der Waals surface area contributed by atoms with E-state index in [2.05, 4.69) is 42.1 Å². The number of hydrogen-bond acceptors (Lipinski definition) is 11. The fourth-order valence-corrected chi connectivity index (χ4v) is 8.70. The molecular formula is C41H36N2O9. The van der Waals surface area contributed by atoms with Crippen LogP contribution in [0.3, 0.4) is 0 Å². The van der Waals surface area contributed by atoms with Crippen molar-refractivity contribution in [3.63, 3.8) is 0 Å². The Kier molecular flexibility index (Phi) is 6.91. The lowest BCUT2D eigenvalue weighted by molar-refractivity contribution is 0.0941. The van der Waals surface area contributed by atoms with Crippen molar-refractivity contribution in [2.75, 3.05) is 60.1 Å². The molecule has 0 radical (unpaired) electrons. The van der Waals surface area contributed by atoms with E-state index in [9.17, 15) is 0 Å². The van der Waals surface area contributed by atoms with Crippen LogP contribution in [0.4, 0.5) is 5.69 Å². The van der Waals surface area contributed by atoms with Crippen LogP contribution in [0.5, 0.6) is 46.0 Å². The van der Waals surface area contributed by atoms with Crippen molar-refractivity contribution in [2.24, 2.45) is 0 Å². The maximum Gasteiger partial charge on any atom is 0.231 e. The molecule has 5 aliphatic rings. The summed E-state index contributed by atoms with van der Waals surface area (Å²) in [6.07, 6.45) is 0.632. The number of fused-ring (bicyclic) bond motifs is 11. The smallest absolute Gasteiger partial charge is 0.231 e. The largest absolute Gasteiger partial charge is 0.493 e. The maximum absolute atomic E-state index is 15.8. The second-order valence-corrected chi connectivity index (χ2v) is 13.8. The summed E-state index contributed by atoms with van der Waals surface area (Å²) in [5.74, 6) is 4.30. The van der Waals surface area contributed by atoms with Crippen LogP contribution in [-0.4, -0.2) is 65.9 Å². The number of rotatable bonds is 3. The molecule has 264 valence electrons. The highest BCUT2D eigenvalue weighted by Crippen LogP contribution is 2.59. The quantitative estimate of drug-likeness (QED) is 0.198. The van der Waals surface area contributed by atoms with E-state index in [1.165, 1.54) is 0 Å². The first-order chi connectivity index (χ1) is 25.4. The number of nitrogens with zero attached hydrogens (tertiary/aromatic N) is 2. The second-order valence-electron chi connectivity index (χ2n) is 13.8. The van der Waals surface area contributed by atoms with Crippen LogP contribution in [0.15, 0.2) is 60.7 Å². The first-order valence-corrected chi connectivity index (χ1v) is 17.3. The molecule has 1 unspecified atom stereocenters. The molecule has 0 amide bonds. The molecule has 0 bridgehead atoms. The van der Waals surface area contributed by atoms with E-state index >= 15 is 4.79 Å². The van der Waals surface area contributed by atoms with Gasteiger partial charge in [-0.25, -0.2) is 0 Å². The Labute approximate surface area is 300 Å². The SMILES string of the molecule is COc1ccc2c(c1OC)CN(C)CCc1cc3c(cc1C(=O)C2[C@@H]1c2c(ccc4c2OCO4)-c2ccc4cc5c(cc4c2N1C)OCO5)OCO3. The third-order valence-electron chi connectivity index (χ3n) is 11.1. The highest BCUT2D eigenvalue weighted by Gasteiger charge is 2.46. The molecule has 5 aliphatic heterocycles. The summed E-state index contributed by atoms with van der Waals surface area (Å²) in [6, 6.07) is 19.5. The molecule has 0 spiro atoms. The van der Waals surface area contributed by atoms with Crippen molar-refractivity contribution < 1.29 is 42.7 Å². The summed E-state index contributed by atoms with van der Waals surface area (Å²) in [7, 11) is 7.43. The number of ketones is 1. The molecule has 0 N–H and O–H groups in total. The van der Waals surface area contributed by atoms with E-state index in [0.29, 0.717) is 71.1 Å². The van der Waals surface area contributed by atoms with Gasteiger partial charge in [0.2, 0.25) is 20.4 Å². The van der Waals surface area contributed by atoms with Gasteiger partial charge in [-0.3, -0.25) is 4.79 Å². The lowest BCUT2D eigenvalue weighted by Crippen LogP contribution is -2.38. The molecular weight excluding hydrogens is 664 g/mol. The number of hydrogen-bond donors (Lipinski definition) is 0.